The maximum absolute atomic E-state index is 14.5. The van der Waals surface area contributed by atoms with Crippen LogP contribution in [0.4, 0.5) is 22.0 Å². The first kappa shape index (κ1) is 22.7. The summed E-state index contributed by atoms with van der Waals surface area (Å²) in [5, 5.41) is -1.59. The smallest absolute Gasteiger partial charge is 0.250 e. The SMILES string of the molecule is CC(C)(C)[S@@](=O)N=C(c1cnc(C(F)(F)F)c(Cl)c1)c1ccc(F)c(Cl)c1F. The molecule has 0 aliphatic carbocycles. The molecule has 0 radical (unpaired) electrons. The highest BCUT2D eigenvalue weighted by molar-refractivity contribution is 7.85. The predicted octanol–water partition coefficient (Wildman–Crippen LogP) is 5.99. The van der Waals surface area contributed by atoms with Gasteiger partial charge in [-0.15, -0.1) is 0 Å². The Hall–Kier alpha value is -1.58. The van der Waals surface area contributed by atoms with Gasteiger partial charge < -0.3 is 0 Å². The molecule has 0 fully saturated rings. The van der Waals surface area contributed by atoms with Crippen molar-refractivity contribution in [1.29, 1.82) is 0 Å². The molecule has 0 N–H and O–H groups in total. The van der Waals surface area contributed by atoms with Crippen molar-refractivity contribution in [2.24, 2.45) is 4.40 Å². The molecule has 0 saturated heterocycles. The van der Waals surface area contributed by atoms with Crippen molar-refractivity contribution < 1.29 is 26.2 Å². The van der Waals surface area contributed by atoms with Gasteiger partial charge in [0.25, 0.3) is 0 Å². The summed E-state index contributed by atoms with van der Waals surface area (Å²) in [6.45, 7) is 4.78. The maximum atomic E-state index is 14.5. The lowest BCUT2D eigenvalue weighted by molar-refractivity contribution is -0.141. The van der Waals surface area contributed by atoms with Gasteiger partial charge >= 0.3 is 6.18 Å². The van der Waals surface area contributed by atoms with Crippen molar-refractivity contribution in [3.63, 3.8) is 0 Å². The zero-order valence-corrected chi connectivity index (χ0v) is 17.0. The van der Waals surface area contributed by atoms with Crippen LogP contribution in [0.5, 0.6) is 0 Å². The van der Waals surface area contributed by atoms with Gasteiger partial charge in [-0.3, -0.25) is 0 Å². The molecule has 0 spiro atoms. The molecular formula is C17H13Cl2F5N2OS. The van der Waals surface area contributed by atoms with E-state index in [4.69, 9.17) is 23.2 Å². The molecule has 2 rings (SSSR count). The average molecular weight is 459 g/mol. The summed E-state index contributed by atoms with van der Waals surface area (Å²) in [5.74, 6) is -2.25. The lowest BCUT2D eigenvalue weighted by Crippen LogP contribution is -2.22. The second-order valence-electron chi connectivity index (χ2n) is 6.58. The van der Waals surface area contributed by atoms with Crippen LogP contribution >= 0.6 is 23.2 Å². The Balaban J connectivity index is 2.74. The second kappa shape index (κ2) is 8.04. The van der Waals surface area contributed by atoms with Gasteiger partial charge in [-0.1, -0.05) is 23.2 Å². The summed E-state index contributed by atoms with van der Waals surface area (Å²) >= 11 is 11.3. The van der Waals surface area contributed by atoms with Gasteiger partial charge in [0.15, 0.2) is 11.5 Å². The molecule has 0 aliphatic rings. The van der Waals surface area contributed by atoms with E-state index in [2.05, 4.69) is 9.38 Å². The number of alkyl halides is 3. The van der Waals surface area contributed by atoms with Gasteiger partial charge in [0, 0.05) is 17.3 Å². The molecule has 0 aliphatic heterocycles. The van der Waals surface area contributed by atoms with E-state index in [1.165, 1.54) is 0 Å². The normalized spacial score (nSPS) is 14.3. The highest BCUT2D eigenvalue weighted by Crippen LogP contribution is 2.34. The van der Waals surface area contributed by atoms with E-state index in [-0.39, 0.29) is 16.8 Å². The van der Waals surface area contributed by atoms with Crippen molar-refractivity contribution in [3.8, 4) is 0 Å². The molecule has 28 heavy (non-hydrogen) atoms. The predicted molar refractivity (Wildman–Crippen MR) is 99.2 cm³/mol. The minimum Gasteiger partial charge on any atom is -0.250 e. The Morgan fingerprint density at radius 3 is 2.25 bits per heavy atom. The molecule has 1 heterocycles. The highest BCUT2D eigenvalue weighted by Gasteiger charge is 2.35. The van der Waals surface area contributed by atoms with Gasteiger partial charge in [-0.25, -0.2) is 18.0 Å². The van der Waals surface area contributed by atoms with Gasteiger partial charge in [0.1, 0.15) is 21.8 Å². The number of hydrogen-bond acceptors (Lipinski definition) is 2. The first-order valence-corrected chi connectivity index (χ1v) is 9.47. The van der Waals surface area contributed by atoms with E-state index >= 15 is 0 Å². The van der Waals surface area contributed by atoms with Gasteiger partial charge in [0.2, 0.25) is 0 Å². The Morgan fingerprint density at radius 1 is 1.14 bits per heavy atom. The van der Waals surface area contributed by atoms with Crippen LogP contribution in [0.1, 0.15) is 37.6 Å². The molecular weight excluding hydrogens is 446 g/mol. The van der Waals surface area contributed by atoms with E-state index in [1.54, 1.807) is 20.8 Å². The van der Waals surface area contributed by atoms with E-state index in [1.807, 2.05) is 0 Å². The number of rotatable bonds is 3. The summed E-state index contributed by atoms with van der Waals surface area (Å²) < 4.78 is 82.2. The molecule has 0 amide bonds. The summed E-state index contributed by atoms with van der Waals surface area (Å²) in [7, 11) is -1.93. The van der Waals surface area contributed by atoms with E-state index in [0.29, 0.717) is 0 Å². The fourth-order valence-corrected chi connectivity index (χ4v) is 3.04. The fraction of sp³-hybridized carbons (Fsp3) is 0.294. The lowest BCUT2D eigenvalue weighted by atomic mass is 10.0. The first-order valence-electron chi connectivity index (χ1n) is 7.61. The molecule has 0 bridgehead atoms. The summed E-state index contributed by atoms with van der Waals surface area (Å²) in [4.78, 5) is 3.27. The second-order valence-corrected chi connectivity index (χ2v) is 9.27. The summed E-state index contributed by atoms with van der Waals surface area (Å²) in [6, 6.07) is 2.71. The van der Waals surface area contributed by atoms with Crippen LogP contribution in [0.3, 0.4) is 0 Å². The first-order chi connectivity index (χ1) is 12.7. The summed E-state index contributed by atoms with van der Waals surface area (Å²) in [5.41, 5.74) is -2.17. The number of nitrogens with zero attached hydrogens (tertiary/aromatic N) is 2. The number of halogens is 7. The highest BCUT2D eigenvalue weighted by atomic mass is 35.5. The van der Waals surface area contributed by atoms with Crippen LogP contribution < -0.4 is 0 Å². The quantitative estimate of drug-likeness (QED) is 0.322. The minimum absolute atomic E-state index is 0.142. The zero-order valence-electron chi connectivity index (χ0n) is 14.7. The van der Waals surface area contributed by atoms with Crippen LogP contribution in [-0.2, 0) is 17.2 Å². The fourth-order valence-electron chi connectivity index (χ4n) is 1.96. The third-order valence-electron chi connectivity index (χ3n) is 3.37. The molecule has 11 heteroatoms. The minimum atomic E-state index is -4.80. The van der Waals surface area contributed by atoms with Gasteiger partial charge in [-0.05, 0) is 39.0 Å². The topological polar surface area (TPSA) is 42.3 Å². The number of benzene rings is 1. The average Bonchev–Trinajstić information content (AvgIpc) is 2.56. The monoisotopic (exact) mass is 458 g/mol. The van der Waals surface area contributed by atoms with Crippen LogP contribution in [0.15, 0.2) is 28.8 Å². The van der Waals surface area contributed by atoms with Crippen LogP contribution in [-0.4, -0.2) is 19.7 Å². The Morgan fingerprint density at radius 2 is 1.75 bits per heavy atom. The third-order valence-corrected chi connectivity index (χ3v) is 5.40. The molecule has 1 atom stereocenters. The molecule has 0 saturated carbocycles. The number of pyridine rings is 1. The molecule has 3 nitrogen and oxygen atoms in total. The van der Waals surface area contributed by atoms with Crippen molar-refractivity contribution >= 4 is 39.9 Å². The van der Waals surface area contributed by atoms with Crippen molar-refractivity contribution in [3.05, 3.63) is 62.9 Å². The molecule has 152 valence electrons. The standard InChI is InChI=1S/C17H13Cl2F5N2OS/c1-16(2,3)28(27)26-14(9-4-5-11(20)12(19)13(9)21)8-6-10(18)15(25-7-8)17(22,23)24/h4-7H,1-3H3/t28-/m1/s1. The number of aromatic nitrogens is 1. The Kier molecular flexibility index (Phi) is 6.52. The molecule has 1 aromatic heterocycles. The van der Waals surface area contributed by atoms with Crippen molar-refractivity contribution in [2.75, 3.05) is 0 Å². The van der Waals surface area contributed by atoms with Crippen molar-refractivity contribution in [1.82, 2.24) is 4.98 Å². The largest absolute Gasteiger partial charge is 0.434 e. The summed E-state index contributed by atoms with van der Waals surface area (Å²) in [6.07, 6.45) is -4.03. The van der Waals surface area contributed by atoms with Gasteiger partial charge in [-0.2, -0.15) is 17.6 Å². The van der Waals surface area contributed by atoms with Crippen LogP contribution in [0.2, 0.25) is 10.0 Å². The molecule has 0 unspecified atom stereocenters. The molecule has 1 aromatic carbocycles. The van der Waals surface area contributed by atoms with E-state index in [0.717, 1.165) is 24.4 Å². The molecule has 2 aromatic rings. The zero-order chi connectivity index (χ0) is 21.4. The lowest BCUT2D eigenvalue weighted by Gasteiger charge is -2.16. The Labute approximate surface area is 170 Å². The number of hydrogen-bond donors (Lipinski definition) is 0. The van der Waals surface area contributed by atoms with Crippen molar-refractivity contribution in [2.45, 2.75) is 31.7 Å². The maximum Gasteiger partial charge on any atom is 0.434 e. The third kappa shape index (κ3) is 4.87. The van der Waals surface area contributed by atoms with Crippen LogP contribution in [0, 0.1) is 11.6 Å². The van der Waals surface area contributed by atoms with E-state index < -0.39 is 49.3 Å². The van der Waals surface area contributed by atoms with E-state index in [9.17, 15) is 26.2 Å². The Bertz CT molecular complexity index is 971. The van der Waals surface area contributed by atoms with Crippen LogP contribution in [0.25, 0.3) is 0 Å². The van der Waals surface area contributed by atoms with Gasteiger partial charge in [0.05, 0.1) is 15.5 Å².